The van der Waals surface area contributed by atoms with Gasteiger partial charge in [0.1, 0.15) is 5.69 Å². The number of hydrogen-bond acceptors (Lipinski definition) is 6. The molecule has 7 rings (SSSR count). The number of oxime groups is 1. The summed E-state index contributed by atoms with van der Waals surface area (Å²) in [5.41, 5.74) is 4.83. The van der Waals surface area contributed by atoms with Crippen molar-refractivity contribution < 1.29 is 4.84 Å². The van der Waals surface area contributed by atoms with Gasteiger partial charge in [0.2, 0.25) is 5.72 Å². The van der Waals surface area contributed by atoms with Gasteiger partial charge >= 0.3 is 0 Å². The third kappa shape index (κ3) is 3.55. The predicted octanol–water partition coefficient (Wildman–Crippen LogP) is 5.88. The van der Waals surface area contributed by atoms with Crippen molar-refractivity contribution in [2.45, 2.75) is 18.2 Å². The molecule has 2 unspecified atom stereocenters. The molecule has 0 radical (unpaired) electrons. The highest BCUT2D eigenvalue weighted by Gasteiger charge is 2.53. The minimum Gasteiger partial charge on any atom is -0.375 e. The van der Waals surface area contributed by atoms with Crippen molar-refractivity contribution in [2.24, 2.45) is 5.16 Å². The number of fused-ring (bicyclic) bond motifs is 3. The molecule has 37 heavy (non-hydrogen) atoms. The minimum absolute atomic E-state index is 0.186. The molecule has 2 aliphatic rings. The normalized spacial score (nSPS) is 20.2. The highest BCUT2D eigenvalue weighted by atomic mass is 16.7. The van der Waals surface area contributed by atoms with E-state index in [0.717, 1.165) is 39.7 Å². The fraction of sp³-hybridized carbons (Fsp3) is 0.100. The van der Waals surface area contributed by atoms with Crippen LogP contribution in [0.1, 0.15) is 29.3 Å². The number of amidine groups is 1. The van der Waals surface area contributed by atoms with Crippen molar-refractivity contribution in [3.63, 3.8) is 0 Å². The Morgan fingerprint density at radius 3 is 2.24 bits per heavy atom. The number of hydrogen-bond donors (Lipinski definition) is 1. The summed E-state index contributed by atoms with van der Waals surface area (Å²) in [6, 6.07) is 38.5. The first kappa shape index (κ1) is 21.4. The van der Waals surface area contributed by atoms with E-state index in [0.29, 0.717) is 6.42 Å². The van der Waals surface area contributed by atoms with Crippen molar-refractivity contribution in [3.8, 4) is 5.69 Å². The Morgan fingerprint density at radius 1 is 0.784 bits per heavy atom. The molecular weight excluding hydrogens is 460 g/mol. The van der Waals surface area contributed by atoms with Gasteiger partial charge in [0.05, 0.1) is 29.3 Å². The van der Waals surface area contributed by atoms with Gasteiger partial charge in [0, 0.05) is 17.5 Å². The van der Waals surface area contributed by atoms with Crippen LogP contribution in [-0.4, -0.2) is 20.8 Å². The SMILES string of the molecule is c1ccc(C2=NOC3(c4ccccc4)CC(c4cnn(-c5ccccc5)n4)Nc4ccccc4N23)cc1. The highest BCUT2D eigenvalue weighted by molar-refractivity contribution is 6.13. The molecule has 0 saturated heterocycles. The molecule has 0 amide bonds. The molecule has 180 valence electrons. The number of anilines is 2. The molecule has 1 N–H and O–H groups in total. The molecule has 7 nitrogen and oxygen atoms in total. The third-order valence-corrected chi connectivity index (χ3v) is 6.92. The first-order valence-electron chi connectivity index (χ1n) is 12.3. The third-order valence-electron chi connectivity index (χ3n) is 6.92. The topological polar surface area (TPSA) is 67.6 Å². The van der Waals surface area contributed by atoms with Crippen LogP contribution >= 0.6 is 0 Å². The summed E-state index contributed by atoms with van der Waals surface area (Å²) >= 11 is 0. The molecule has 7 heteroatoms. The number of nitrogens with one attached hydrogen (secondary N) is 1. The molecule has 0 fully saturated rings. The molecule has 0 aliphatic carbocycles. The molecule has 0 saturated carbocycles. The molecule has 0 spiro atoms. The van der Waals surface area contributed by atoms with Gasteiger partial charge in [-0.05, 0) is 24.3 Å². The van der Waals surface area contributed by atoms with E-state index in [1.54, 1.807) is 4.80 Å². The molecule has 1 aromatic heterocycles. The van der Waals surface area contributed by atoms with E-state index < -0.39 is 5.72 Å². The van der Waals surface area contributed by atoms with Gasteiger partial charge in [-0.3, -0.25) is 4.90 Å². The van der Waals surface area contributed by atoms with Gasteiger partial charge < -0.3 is 10.2 Å². The van der Waals surface area contributed by atoms with E-state index in [9.17, 15) is 0 Å². The largest absolute Gasteiger partial charge is 0.375 e. The molecule has 2 atom stereocenters. The van der Waals surface area contributed by atoms with Crippen LogP contribution in [0.3, 0.4) is 0 Å². The summed E-state index contributed by atoms with van der Waals surface area (Å²) in [5, 5.41) is 17.9. The van der Waals surface area contributed by atoms with Gasteiger partial charge in [0.15, 0.2) is 5.84 Å². The van der Waals surface area contributed by atoms with Crippen molar-refractivity contribution in [2.75, 3.05) is 10.2 Å². The molecule has 4 aromatic carbocycles. The number of nitrogens with zero attached hydrogens (tertiary/aromatic N) is 5. The van der Waals surface area contributed by atoms with Crippen molar-refractivity contribution in [3.05, 3.63) is 138 Å². The number of rotatable bonds is 4. The Labute approximate surface area is 214 Å². The van der Waals surface area contributed by atoms with E-state index in [1.165, 1.54) is 0 Å². The Kier molecular flexibility index (Phi) is 4.99. The zero-order valence-corrected chi connectivity index (χ0v) is 20.0. The molecule has 2 aliphatic heterocycles. The van der Waals surface area contributed by atoms with E-state index >= 15 is 0 Å². The van der Waals surface area contributed by atoms with Crippen LogP contribution in [-0.2, 0) is 10.6 Å². The maximum atomic E-state index is 6.50. The van der Waals surface area contributed by atoms with Crippen molar-refractivity contribution in [1.82, 2.24) is 15.0 Å². The van der Waals surface area contributed by atoms with E-state index in [-0.39, 0.29) is 6.04 Å². The predicted molar refractivity (Wildman–Crippen MR) is 143 cm³/mol. The lowest BCUT2D eigenvalue weighted by Gasteiger charge is -2.37. The summed E-state index contributed by atoms with van der Waals surface area (Å²) < 4.78 is 0. The first-order valence-corrected chi connectivity index (χ1v) is 12.3. The monoisotopic (exact) mass is 484 g/mol. The minimum atomic E-state index is -0.882. The zero-order valence-electron chi connectivity index (χ0n) is 20.0. The Morgan fingerprint density at radius 2 is 1.46 bits per heavy atom. The van der Waals surface area contributed by atoms with Crippen LogP contribution in [0, 0.1) is 0 Å². The second kappa shape index (κ2) is 8.64. The van der Waals surface area contributed by atoms with Gasteiger partial charge in [0.25, 0.3) is 0 Å². The number of aromatic nitrogens is 3. The summed E-state index contributed by atoms with van der Waals surface area (Å²) in [4.78, 5) is 10.4. The average Bonchev–Trinajstić information content (AvgIpc) is 3.58. The van der Waals surface area contributed by atoms with E-state index in [4.69, 9.17) is 15.1 Å². The molecule has 5 aromatic rings. The van der Waals surface area contributed by atoms with Crippen molar-refractivity contribution in [1.29, 1.82) is 0 Å². The summed E-state index contributed by atoms with van der Waals surface area (Å²) in [6.45, 7) is 0. The Bertz CT molecular complexity index is 1570. The van der Waals surface area contributed by atoms with Gasteiger partial charge in [-0.15, -0.1) is 0 Å². The standard InChI is InChI=1S/C30H24N6O/c1-4-12-22(13-5-1)29-34-37-30(23-14-6-2-7-15-23)20-26(32-25-18-10-11-19-28(25)35(29)30)27-21-31-36(33-27)24-16-8-3-9-17-24/h1-19,21,26,32H,20H2. The van der Waals surface area contributed by atoms with Crippen LogP contribution in [0.4, 0.5) is 11.4 Å². The Balaban J connectivity index is 1.39. The second-order valence-electron chi connectivity index (χ2n) is 9.17. The zero-order chi connectivity index (χ0) is 24.7. The van der Waals surface area contributed by atoms with Gasteiger partial charge in [-0.25, -0.2) is 0 Å². The highest BCUT2D eigenvalue weighted by Crippen LogP contribution is 2.50. The van der Waals surface area contributed by atoms with Crippen molar-refractivity contribution >= 4 is 17.2 Å². The van der Waals surface area contributed by atoms with Gasteiger partial charge in [-0.2, -0.15) is 15.0 Å². The summed E-state index contributed by atoms with van der Waals surface area (Å²) in [7, 11) is 0. The quantitative estimate of drug-likeness (QED) is 0.345. The lowest BCUT2D eigenvalue weighted by atomic mass is 9.92. The lowest BCUT2D eigenvalue weighted by molar-refractivity contribution is -0.0311. The first-order chi connectivity index (χ1) is 18.3. The smallest absolute Gasteiger partial charge is 0.243 e. The fourth-order valence-electron chi connectivity index (χ4n) is 5.18. The number of benzene rings is 4. The van der Waals surface area contributed by atoms with Gasteiger partial charge in [-0.1, -0.05) is 96.2 Å². The van der Waals surface area contributed by atoms with Crippen LogP contribution in [0.2, 0.25) is 0 Å². The summed E-state index contributed by atoms with van der Waals surface area (Å²) in [6.07, 6.45) is 2.38. The average molecular weight is 485 g/mol. The molecule has 0 bridgehead atoms. The number of para-hydroxylation sites is 3. The summed E-state index contributed by atoms with van der Waals surface area (Å²) in [5.74, 6) is 0.771. The van der Waals surface area contributed by atoms with Crippen LogP contribution in [0.15, 0.2) is 127 Å². The Hall–Kier alpha value is -4.91. The molecule has 3 heterocycles. The van der Waals surface area contributed by atoms with Crippen LogP contribution < -0.4 is 10.2 Å². The fourth-order valence-corrected chi connectivity index (χ4v) is 5.18. The maximum Gasteiger partial charge on any atom is 0.243 e. The second-order valence-corrected chi connectivity index (χ2v) is 9.17. The maximum absolute atomic E-state index is 6.50. The van der Waals surface area contributed by atoms with Crippen LogP contribution in [0.5, 0.6) is 0 Å². The molecular formula is C30H24N6O. The van der Waals surface area contributed by atoms with E-state index in [1.807, 2.05) is 85.1 Å². The van der Waals surface area contributed by atoms with Crippen LogP contribution in [0.25, 0.3) is 5.69 Å². The lowest BCUT2D eigenvalue weighted by Crippen LogP contribution is -2.47. The van der Waals surface area contributed by atoms with E-state index in [2.05, 4.69) is 51.7 Å².